The fourth-order valence-corrected chi connectivity index (χ4v) is 2.21. The fourth-order valence-electron chi connectivity index (χ4n) is 2.21. The molecule has 0 aromatic carbocycles. The molecule has 0 spiro atoms. The van der Waals surface area contributed by atoms with Gasteiger partial charge >= 0.3 is 6.03 Å². The number of carbonyl (C=O) groups is 1. The highest BCUT2D eigenvalue weighted by atomic mass is 16.6. The molecular weight excluding hydrogens is 184 g/mol. The van der Waals surface area contributed by atoms with E-state index < -0.39 is 4.76 Å². The van der Waals surface area contributed by atoms with Gasteiger partial charge in [0.1, 0.15) is 13.6 Å². The van der Waals surface area contributed by atoms with Crippen LogP contribution in [0, 0.1) is 5.21 Å². The second-order valence-corrected chi connectivity index (χ2v) is 4.30. The zero-order valence-electron chi connectivity index (χ0n) is 8.69. The van der Waals surface area contributed by atoms with Gasteiger partial charge in [-0.25, -0.2) is 4.79 Å². The largest absolute Gasteiger partial charge is 0.581 e. The van der Waals surface area contributed by atoms with Crippen molar-refractivity contribution in [1.29, 1.82) is 0 Å². The van der Waals surface area contributed by atoms with Crippen LogP contribution in [-0.4, -0.2) is 67.2 Å². The Kier molecular flexibility index (Phi) is 2.04. The lowest BCUT2D eigenvalue weighted by molar-refractivity contribution is -1.42. The molecule has 2 heterocycles. The highest BCUT2D eigenvalue weighted by Gasteiger charge is 2.54. The van der Waals surface area contributed by atoms with Gasteiger partial charge in [-0.15, -0.1) is 0 Å². The van der Waals surface area contributed by atoms with E-state index in [2.05, 4.69) is 5.32 Å². The van der Waals surface area contributed by atoms with Gasteiger partial charge in [-0.3, -0.25) is 10.2 Å². The van der Waals surface area contributed by atoms with Crippen LogP contribution in [0.1, 0.15) is 0 Å². The van der Waals surface area contributed by atoms with E-state index in [4.69, 9.17) is 0 Å². The van der Waals surface area contributed by atoms with Crippen molar-refractivity contribution < 1.29 is 14.1 Å². The van der Waals surface area contributed by atoms with E-state index >= 15 is 0 Å². The van der Waals surface area contributed by atoms with Crippen molar-refractivity contribution in [3.05, 3.63) is 5.21 Å². The zero-order valence-corrected chi connectivity index (χ0v) is 8.69. The van der Waals surface area contributed by atoms with Gasteiger partial charge in [-0.2, -0.15) is 4.76 Å². The van der Waals surface area contributed by atoms with Crippen molar-refractivity contribution >= 4 is 6.03 Å². The lowest BCUT2D eigenvalue weighted by Gasteiger charge is -2.46. The summed E-state index contributed by atoms with van der Waals surface area (Å²) in [4.78, 5) is 13.5. The number of hydrogen-bond donors (Lipinski definition) is 1. The summed E-state index contributed by atoms with van der Waals surface area (Å²) >= 11 is 0. The predicted molar refractivity (Wildman–Crippen MR) is 50.4 cm³/mol. The standard InChI is InChI=1S/C8H17N4O2/c1-10-4-6-11(2,8(10)13)12(14)5-3-9-7-12/h9H,3-7H2,1-2H3/q+1. The van der Waals surface area contributed by atoms with Crippen LogP contribution >= 0.6 is 0 Å². The van der Waals surface area contributed by atoms with Crippen molar-refractivity contribution in [3.63, 3.8) is 0 Å². The molecule has 2 aliphatic heterocycles. The Morgan fingerprint density at radius 2 is 2.21 bits per heavy atom. The molecule has 2 unspecified atom stereocenters. The Morgan fingerprint density at radius 1 is 1.50 bits per heavy atom. The van der Waals surface area contributed by atoms with Gasteiger partial charge in [-0.1, -0.05) is 4.59 Å². The van der Waals surface area contributed by atoms with Crippen LogP contribution in [0.3, 0.4) is 0 Å². The summed E-state index contributed by atoms with van der Waals surface area (Å²) in [6.07, 6.45) is 0. The van der Waals surface area contributed by atoms with E-state index in [1.165, 1.54) is 0 Å². The summed E-state index contributed by atoms with van der Waals surface area (Å²) in [6, 6.07) is -0.0660. The molecule has 2 amide bonds. The predicted octanol–water partition coefficient (Wildman–Crippen LogP) is -0.711. The first-order valence-corrected chi connectivity index (χ1v) is 4.90. The van der Waals surface area contributed by atoms with Crippen molar-refractivity contribution in [2.45, 2.75) is 0 Å². The first-order chi connectivity index (χ1) is 6.50. The smallest absolute Gasteiger partial charge is 0.466 e. The third kappa shape index (κ3) is 1.08. The maximum absolute atomic E-state index is 12.4. The van der Waals surface area contributed by atoms with Crippen molar-refractivity contribution in [2.24, 2.45) is 0 Å². The monoisotopic (exact) mass is 201 g/mol. The van der Waals surface area contributed by atoms with Crippen LogP contribution in [0.2, 0.25) is 0 Å². The Hall–Kier alpha value is -0.690. The number of nitrogens with zero attached hydrogens (tertiary/aromatic N) is 3. The molecule has 2 fully saturated rings. The van der Waals surface area contributed by atoms with Gasteiger partial charge in [0.25, 0.3) is 0 Å². The van der Waals surface area contributed by atoms with E-state index in [9.17, 15) is 10.0 Å². The molecule has 2 aliphatic rings. The van der Waals surface area contributed by atoms with Crippen LogP contribution < -0.4 is 5.32 Å². The van der Waals surface area contributed by atoms with Gasteiger partial charge in [0.05, 0.1) is 13.1 Å². The highest BCUT2D eigenvalue weighted by molar-refractivity contribution is 5.67. The molecule has 0 aliphatic carbocycles. The van der Waals surface area contributed by atoms with E-state index in [1.807, 2.05) is 0 Å². The molecule has 0 radical (unpaired) electrons. The lowest BCUT2D eigenvalue weighted by atomic mass is 10.5. The highest BCUT2D eigenvalue weighted by Crippen LogP contribution is 2.27. The summed E-state index contributed by atoms with van der Waals surface area (Å²) in [5.74, 6) is 0. The zero-order chi connectivity index (χ0) is 10.4. The molecule has 2 rings (SSSR count). The van der Waals surface area contributed by atoms with Gasteiger partial charge < -0.3 is 5.21 Å². The molecule has 14 heavy (non-hydrogen) atoms. The summed E-state index contributed by atoms with van der Waals surface area (Å²) in [7, 11) is 3.49. The number of rotatable bonds is 1. The number of amides is 2. The number of urea groups is 1. The number of hydrogen-bond acceptors (Lipinski definition) is 3. The molecular formula is C8H17N4O2+. The van der Waals surface area contributed by atoms with Gasteiger partial charge in [0, 0.05) is 7.05 Å². The maximum Gasteiger partial charge on any atom is 0.466 e. The minimum absolute atomic E-state index is 0.0382. The average molecular weight is 201 g/mol. The van der Waals surface area contributed by atoms with Crippen LogP contribution in [0.25, 0.3) is 0 Å². The van der Waals surface area contributed by atoms with E-state index in [1.54, 1.807) is 19.0 Å². The van der Waals surface area contributed by atoms with Crippen LogP contribution in [0.4, 0.5) is 4.79 Å². The molecule has 0 aromatic heterocycles. The minimum atomic E-state index is -0.455. The topological polar surface area (TPSA) is 55.4 Å². The summed E-state index contributed by atoms with van der Waals surface area (Å²) < 4.78 is -0.493. The average Bonchev–Trinajstić information content (AvgIpc) is 2.69. The van der Waals surface area contributed by atoms with Crippen molar-refractivity contribution in [3.8, 4) is 0 Å². The van der Waals surface area contributed by atoms with Crippen LogP contribution in [0.15, 0.2) is 0 Å². The van der Waals surface area contributed by atoms with Gasteiger partial charge in [0.15, 0.2) is 13.2 Å². The van der Waals surface area contributed by atoms with E-state index in [-0.39, 0.29) is 10.6 Å². The minimum Gasteiger partial charge on any atom is -0.581 e. The molecule has 0 bridgehead atoms. The molecule has 2 atom stereocenters. The van der Waals surface area contributed by atoms with Crippen LogP contribution in [0.5, 0.6) is 0 Å². The Bertz CT molecular complexity index is 264. The lowest BCUT2D eigenvalue weighted by Crippen LogP contribution is -2.68. The number of hydroxylamine groups is 2. The molecule has 1 N–H and O–H groups in total. The Labute approximate surface area is 83.4 Å². The normalized spacial score (nSPS) is 43.6. The molecule has 80 valence electrons. The number of likely N-dealkylation sites (N-methyl/N-ethyl adjacent to an activating group) is 2. The third-order valence-corrected chi connectivity index (χ3v) is 3.41. The van der Waals surface area contributed by atoms with Crippen molar-refractivity contribution in [1.82, 2.24) is 10.2 Å². The number of nitrogens with one attached hydrogen (secondary N) is 1. The van der Waals surface area contributed by atoms with Gasteiger partial charge in [-0.05, 0) is 0 Å². The maximum atomic E-state index is 12.4. The quantitative estimate of drug-likeness (QED) is 0.450. The number of carbonyl (C=O) groups excluding carboxylic acids is 1. The summed E-state index contributed by atoms with van der Waals surface area (Å²) in [5.41, 5.74) is 0. The summed E-state index contributed by atoms with van der Waals surface area (Å²) in [5, 5.41) is 15.4. The second-order valence-electron chi connectivity index (χ2n) is 4.30. The molecule has 0 saturated carbocycles. The fraction of sp³-hybridized carbons (Fsp3) is 0.875. The van der Waals surface area contributed by atoms with Crippen LogP contribution in [-0.2, 0) is 0 Å². The molecule has 6 heteroatoms. The van der Waals surface area contributed by atoms with Gasteiger partial charge in [0.2, 0.25) is 0 Å². The molecule has 6 nitrogen and oxygen atoms in total. The first-order valence-electron chi connectivity index (χ1n) is 4.90. The van der Waals surface area contributed by atoms with Crippen molar-refractivity contribution in [2.75, 3.05) is 46.9 Å². The second kappa shape index (κ2) is 2.90. The summed E-state index contributed by atoms with van der Waals surface area (Å²) in [6.45, 7) is 2.82. The Morgan fingerprint density at radius 3 is 2.64 bits per heavy atom. The molecule has 2 saturated heterocycles. The van der Waals surface area contributed by atoms with E-state index in [0.717, 1.165) is 0 Å². The third-order valence-electron chi connectivity index (χ3n) is 3.41. The number of quaternary nitrogens is 2. The first kappa shape index (κ1) is 9.85. The SMILES string of the molecule is CN1CC[N+](C)([N+]2([O-])CCNC2)C1=O. The molecule has 0 aromatic rings. The van der Waals surface area contributed by atoms with E-state index in [0.29, 0.717) is 32.8 Å². The Balaban J connectivity index is 2.27.